The Morgan fingerprint density at radius 3 is 2.50 bits per heavy atom. The fourth-order valence-electron chi connectivity index (χ4n) is 1.80. The summed E-state index contributed by atoms with van der Waals surface area (Å²) in [6.45, 7) is 1.59. The van der Waals surface area contributed by atoms with E-state index >= 15 is 0 Å². The Bertz CT molecular complexity index is 584. The van der Waals surface area contributed by atoms with E-state index in [0.717, 1.165) is 16.1 Å². The molecule has 1 atom stereocenters. The first-order valence-electron chi connectivity index (χ1n) is 5.45. The zero-order valence-electron chi connectivity index (χ0n) is 9.75. The quantitative estimate of drug-likeness (QED) is 0.888. The highest BCUT2D eigenvalue weighted by Gasteiger charge is 2.16. The number of nitrogens with two attached hydrogens (primary N) is 1. The molecule has 0 spiro atoms. The van der Waals surface area contributed by atoms with Crippen LogP contribution in [0, 0.1) is 18.6 Å². The van der Waals surface area contributed by atoms with Gasteiger partial charge in [0.15, 0.2) is 0 Å². The number of benzene rings is 2. The largest absolute Gasteiger partial charge is 0.320 e. The average Bonchev–Trinajstić information content (AvgIpc) is 2.33. The molecule has 0 bridgehead atoms. The normalized spacial score (nSPS) is 12.5. The second kappa shape index (κ2) is 5.16. The van der Waals surface area contributed by atoms with Crippen LogP contribution in [-0.4, -0.2) is 0 Å². The maximum atomic E-state index is 13.7. The minimum absolute atomic E-state index is 0.298. The van der Waals surface area contributed by atoms with Crippen LogP contribution in [-0.2, 0) is 0 Å². The van der Waals surface area contributed by atoms with Gasteiger partial charge < -0.3 is 5.73 Å². The fourth-order valence-corrected chi connectivity index (χ4v) is 2.21. The van der Waals surface area contributed by atoms with Crippen LogP contribution in [0.3, 0.4) is 0 Å². The molecule has 0 aliphatic carbocycles. The molecule has 0 fully saturated rings. The summed E-state index contributed by atoms with van der Waals surface area (Å²) in [7, 11) is 0. The van der Waals surface area contributed by atoms with Gasteiger partial charge in [-0.1, -0.05) is 28.1 Å². The number of halogens is 3. The lowest BCUT2D eigenvalue weighted by molar-refractivity contribution is 0.561. The Morgan fingerprint density at radius 2 is 1.83 bits per heavy atom. The Balaban J connectivity index is 2.46. The third-order valence-corrected chi connectivity index (χ3v) is 3.31. The molecule has 0 heterocycles. The lowest BCUT2D eigenvalue weighted by Crippen LogP contribution is -2.14. The van der Waals surface area contributed by atoms with E-state index in [-0.39, 0.29) is 0 Å². The Kier molecular flexibility index (Phi) is 3.78. The number of rotatable bonds is 2. The van der Waals surface area contributed by atoms with Crippen LogP contribution in [0.2, 0.25) is 0 Å². The van der Waals surface area contributed by atoms with Crippen LogP contribution < -0.4 is 5.73 Å². The van der Waals surface area contributed by atoms with Crippen molar-refractivity contribution in [1.82, 2.24) is 0 Å². The van der Waals surface area contributed by atoms with Crippen LogP contribution in [0.25, 0.3) is 0 Å². The monoisotopic (exact) mass is 311 g/mol. The number of hydrogen-bond donors (Lipinski definition) is 1. The topological polar surface area (TPSA) is 26.0 Å². The van der Waals surface area contributed by atoms with Gasteiger partial charge in [-0.15, -0.1) is 0 Å². The molecular weight excluding hydrogens is 300 g/mol. The molecule has 0 aliphatic rings. The van der Waals surface area contributed by atoms with E-state index in [1.54, 1.807) is 6.92 Å². The fraction of sp³-hybridized carbons (Fsp3) is 0.143. The van der Waals surface area contributed by atoms with E-state index in [2.05, 4.69) is 15.9 Å². The van der Waals surface area contributed by atoms with Gasteiger partial charge in [0.1, 0.15) is 11.6 Å². The van der Waals surface area contributed by atoms with Crippen molar-refractivity contribution in [2.45, 2.75) is 13.0 Å². The highest BCUT2D eigenvalue weighted by molar-refractivity contribution is 9.10. The summed E-state index contributed by atoms with van der Waals surface area (Å²) in [4.78, 5) is 0. The maximum absolute atomic E-state index is 13.7. The van der Waals surface area contributed by atoms with E-state index in [0.29, 0.717) is 11.1 Å². The Morgan fingerprint density at radius 1 is 1.11 bits per heavy atom. The predicted molar refractivity (Wildman–Crippen MR) is 71.3 cm³/mol. The lowest BCUT2D eigenvalue weighted by atomic mass is 9.97. The van der Waals surface area contributed by atoms with Crippen molar-refractivity contribution in [3.8, 4) is 0 Å². The summed E-state index contributed by atoms with van der Waals surface area (Å²) in [6.07, 6.45) is 0. The summed E-state index contributed by atoms with van der Waals surface area (Å²) in [5.74, 6) is -1.18. The van der Waals surface area contributed by atoms with E-state index in [1.165, 1.54) is 6.07 Å². The van der Waals surface area contributed by atoms with Gasteiger partial charge in [-0.05, 0) is 36.2 Å². The molecule has 0 radical (unpaired) electrons. The molecule has 0 amide bonds. The average molecular weight is 312 g/mol. The SMILES string of the molecule is Cc1cc(C(N)c2cccc(Br)c2)c(F)cc1F. The Hall–Kier alpha value is -1.26. The van der Waals surface area contributed by atoms with E-state index in [4.69, 9.17) is 5.73 Å². The molecule has 1 unspecified atom stereocenters. The second-order valence-electron chi connectivity index (χ2n) is 4.16. The van der Waals surface area contributed by atoms with Gasteiger partial charge in [0.25, 0.3) is 0 Å². The molecule has 2 aromatic rings. The van der Waals surface area contributed by atoms with Gasteiger partial charge in [-0.25, -0.2) is 8.78 Å². The molecule has 18 heavy (non-hydrogen) atoms. The second-order valence-corrected chi connectivity index (χ2v) is 5.07. The molecule has 2 N–H and O–H groups in total. The summed E-state index contributed by atoms with van der Waals surface area (Å²) in [6, 6.07) is 9.05. The predicted octanol–water partition coefficient (Wildman–Crippen LogP) is 4.08. The van der Waals surface area contributed by atoms with Gasteiger partial charge in [0.2, 0.25) is 0 Å². The molecule has 0 aliphatic heterocycles. The molecule has 0 aromatic heterocycles. The van der Waals surface area contributed by atoms with E-state index < -0.39 is 17.7 Å². The molecule has 2 aromatic carbocycles. The minimum atomic E-state index is -0.620. The third kappa shape index (κ3) is 2.60. The summed E-state index contributed by atoms with van der Waals surface area (Å²) in [5.41, 5.74) is 7.48. The van der Waals surface area contributed by atoms with Crippen molar-refractivity contribution in [1.29, 1.82) is 0 Å². The van der Waals surface area contributed by atoms with E-state index in [1.807, 2.05) is 24.3 Å². The first-order chi connectivity index (χ1) is 8.49. The zero-order valence-corrected chi connectivity index (χ0v) is 11.3. The van der Waals surface area contributed by atoms with Crippen LogP contribution in [0.4, 0.5) is 8.78 Å². The molecule has 0 saturated heterocycles. The van der Waals surface area contributed by atoms with Crippen LogP contribution in [0.15, 0.2) is 40.9 Å². The lowest BCUT2D eigenvalue weighted by Gasteiger charge is -2.15. The van der Waals surface area contributed by atoms with Crippen LogP contribution >= 0.6 is 15.9 Å². The summed E-state index contributed by atoms with van der Waals surface area (Å²) >= 11 is 3.34. The standard InChI is InChI=1S/C14H12BrF2N/c1-8-5-11(13(17)7-12(8)16)14(18)9-3-2-4-10(15)6-9/h2-7,14H,18H2,1H3. The first kappa shape index (κ1) is 13.2. The van der Waals surface area contributed by atoms with Crippen LogP contribution in [0.5, 0.6) is 0 Å². The van der Waals surface area contributed by atoms with Gasteiger partial charge in [0.05, 0.1) is 6.04 Å². The van der Waals surface area contributed by atoms with Gasteiger partial charge in [-0.2, -0.15) is 0 Å². The van der Waals surface area contributed by atoms with Crippen molar-refractivity contribution in [2.24, 2.45) is 5.73 Å². The number of aryl methyl sites for hydroxylation is 1. The maximum Gasteiger partial charge on any atom is 0.131 e. The number of hydrogen-bond acceptors (Lipinski definition) is 1. The van der Waals surface area contributed by atoms with Crippen molar-refractivity contribution in [3.05, 3.63) is 69.2 Å². The van der Waals surface area contributed by atoms with Crippen molar-refractivity contribution < 1.29 is 8.78 Å². The molecule has 2 rings (SSSR count). The van der Waals surface area contributed by atoms with E-state index in [9.17, 15) is 8.78 Å². The van der Waals surface area contributed by atoms with Crippen molar-refractivity contribution >= 4 is 15.9 Å². The minimum Gasteiger partial charge on any atom is -0.320 e. The first-order valence-corrected chi connectivity index (χ1v) is 6.25. The summed E-state index contributed by atoms with van der Waals surface area (Å²) in [5, 5.41) is 0. The zero-order chi connectivity index (χ0) is 13.3. The van der Waals surface area contributed by atoms with Crippen molar-refractivity contribution in [2.75, 3.05) is 0 Å². The molecule has 4 heteroatoms. The van der Waals surface area contributed by atoms with Gasteiger partial charge in [0, 0.05) is 16.1 Å². The molecule has 1 nitrogen and oxygen atoms in total. The van der Waals surface area contributed by atoms with Gasteiger partial charge in [-0.3, -0.25) is 0 Å². The highest BCUT2D eigenvalue weighted by atomic mass is 79.9. The van der Waals surface area contributed by atoms with Gasteiger partial charge >= 0.3 is 0 Å². The summed E-state index contributed by atoms with van der Waals surface area (Å²) < 4.78 is 27.8. The smallest absolute Gasteiger partial charge is 0.131 e. The van der Waals surface area contributed by atoms with Crippen molar-refractivity contribution in [3.63, 3.8) is 0 Å². The third-order valence-electron chi connectivity index (χ3n) is 2.82. The Labute approximate surface area is 113 Å². The molecule has 94 valence electrons. The van der Waals surface area contributed by atoms with Crippen LogP contribution in [0.1, 0.15) is 22.7 Å². The molecular formula is C14H12BrF2N. The molecule has 0 saturated carbocycles. The highest BCUT2D eigenvalue weighted by Crippen LogP contribution is 2.26.